The lowest BCUT2D eigenvalue weighted by Gasteiger charge is -2.24. The van der Waals surface area contributed by atoms with Crippen molar-refractivity contribution in [3.8, 4) is 0 Å². The largest absolute Gasteiger partial charge is 0.353 e. The molecule has 0 unspecified atom stereocenters. The lowest BCUT2D eigenvalue weighted by Crippen LogP contribution is -2.30. The van der Waals surface area contributed by atoms with Gasteiger partial charge in [0.2, 0.25) is 0 Å². The summed E-state index contributed by atoms with van der Waals surface area (Å²) in [6.07, 6.45) is 5.05. The predicted octanol–water partition coefficient (Wildman–Crippen LogP) is 0.750. The Labute approximate surface area is 106 Å². The Morgan fingerprint density at radius 1 is 1.50 bits per heavy atom. The Hall–Kier alpha value is -1.69. The van der Waals surface area contributed by atoms with Crippen LogP contribution < -0.4 is 10.6 Å². The molecule has 1 fully saturated rings. The Kier molecular flexibility index (Phi) is 2.87. The van der Waals surface area contributed by atoms with Gasteiger partial charge < -0.3 is 10.6 Å². The molecule has 0 bridgehead atoms. The highest BCUT2D eigenvalue weighted by molar-refractivity contribution is 5.48. The van der Waals surface area contributed by atoms with Gasteiger partial charge >= 0.3 is 0 Å². The number of aryl methyl sites for hydroxylation is 1. The van der Waals surface area contributed by atoms with Crippen LogP contribution >= 0.6 is 0 Å². The lowest BCUT2D eigenvalue weighted by atomic mass is 10.3. The van der Waals surface area contributed by atoms with Crippen molar-refractivity contribution >= 4 is 11.6 Å². The SMILES string of the molecule is Cc1cc(N(CCCN)C2CC2)n2ncnc2n1. The molecule has 0 amide bonds. The van der Waals surface area contributed by atoms with Crippen LogP contribution in [-0.4, -0.2) is 38.7 Å². The van der Waals surface area contributed by atoms with Crippen molar-refractivity contribution in [1.29, 1.82) is 0 Å². The maximum atomic E-state index is 5.62. The van der Waals surface area contributed by atoms with E-state index in [-0.39, 0.29) is 0 Å². The molecule has 1 saturated carbocycles. The van der Waals surface area contributed by atoms with E-state index in [4.69, 9.17) is 5.73 Å². The summed E-state index contributed by atoms with van der Waals surface area (Å²) in [6.45, 7) is 3.68. The van der Waals surface area contributed by atoms with Crippen molar-refractivity contribution in [3.63, 3.8) is 0 Å². The Morgan fingerprint density at radius 3 is 3.06 bits per heavy atom. The molecule has 0 atom stereocenters. The van der Waals surface area contributed by atoms with Crippen LogP contribution in [-0.2, 0) is 0 Å². The molecular weight excluding hydrogens is 228 g/mol. The minimum atomic E-state index is 0.630. The van der Waals surface area contributed by atoms with E-state index in [0.29, 0.717) is 18.4 Å². The zero-order chi connectivity index (χ0) is 12.5. The van der Waals surface area contributed by atoms with Gasteiger partial charge in [-0.15, -0.1) is 0 Å². The molecule has 6 heteroatoms. The van der Waals surface area contributed by atoms with Crippen LogP contribution in [0.3, 0.4) is 0 Å². The van der Waals surface area contributed by atoms with Gasteiger partial charge in [0.15, 0.2) is 0 Å². The summed E-state index contributed by atoms with van der Waals surface area (Å²) < 4.78 is 1.82. The average Bonchev–Trinajstić information content (AvgIpc) is 3.08. The lowest BCUT2D eigenvalue weighted by molar-refractivity contribution is 0.705. The first kappa shape index (κ1) is 11.4. The fourth-order valence-corrected chi connectivity index (χ4v) is 2.25. The van der Waals surface area contributed by atoms with E-state index in [1.807, 2.05) is 11.4 Å². The van der Waals surface area contributed by atoms with E-state index < -0.39 is 0 Å². The molecule has 0 radical (unpaired) electrons. The number of hydrogen-bond acceptors (Lipinski definition) is 5. The second-order valence-corrected chi connectivity index (χ2v) is 4.79. The van der Waals surface area contributed by atoms with E-state index in [0.717, 1.165) is 24.5 Å². The summed E-state index contributed by atoms with van der Waals surface area (Å²) in [5.74, 6) is 1.76. The van der Waals surface area contributed by atoms with Gasteiger partial charge in [-0.1, -0.05) is 0 Å². The minimum Gasteiger partial charge on any atom is -0.353 e. The maximum absolute atomic E-state index is 5.62. The molecule has 2 aromatic rings. The highest BCUT2D eigenvalue weighted by Crippen LogP contribution is 2.31. The van der Waals surface area contributed by atoms with Crippen LogP contribution in [0, 0.1) is 6.92 Å². The Balaban J connectivity index is 2.01. The van der Waals surface area contributed by atoms with Gasteiger partial charge in [-0.25, -0.2) is 4.98 Å². The first-order chi connectivity index (χ1) is 8.79. The van der Waals surface area contributed by atoms with Crippen molar-refractivity contribution in [2.24, 2.45) is 5.73 Å². The molecule has 18 heavy (non-hydrogen) atoms. The number of fused-ring (bicyclic) bond motifs is 1. The fourth-order valence-electron chi connectivity index (χ4n) is 2.25. The summed E-state index contributed by atoms with van der Waals surface area (Å²) in [5.41, 5.74) is 6.60. The molecular formula is C12H18N6. The number of aromatic nitrogens is 4. The molecule has 6 nitrogen and oxygen atoms in total. The van der Waals surface area contributed by atoms with Crippen LogP contribution in [0.5, 0.6) is 0 Å². The molecule has 1 aliphatic rings. The van der Waals surface area contributed by atoms with E-state index in [2.05, 4.69) is 26.0 Å². The number of nitrogens with zero attached hydrogens (tertiary/aromatic N) is 5. The Morgan fingerprint density at radius 2 is 2.33 bits per heavy atom. The molecule has 96 valence electrons. The molecule has 2 aromatic heterocycles. The summed E-state index contributed by atoms with van der Waals surface area (Å²) in [5, 5.41) is 4.27. The van der Waals surface area contributed by atoms with Crippen molar-refractivity contribution in [3.05, 3.63) is 18.1 Å². The predicted molar refractivity (Wildman–Crippen MR) is 69.6 cm³/mol. The van der Waals surface area contributed by atoms with Crippen molar-refractivity contribution in [1.82, 2.24) is 19.6 Å². The smallest absolute Gasteiger partial charge is 0.254 e. The third-order valence-electron chi connectivity index (χ3n) is 3.25. The fraction of sp³-hybridized carbons (Fsp3) is 0.583. The van der Waals surface area contributed by atoms with Gasteiger partial charge in [-0.2, -0.15) is 14.6 Å². The molecule has 3 rings (SSSR count). The quantitative estimate of drug-likeness (QED) is 0.843. The Bertz CT molecular complexity index is 544. The van der Waals surface area contributed by atoms with Crippen LogP contribution in [0.1, 0.15) is 25.0 Å². The van der Waals surface area contributed by atoms with Crippen LogP contribution in [0.25, 0.3) is 5.78 Å². The van der Waals surface area contributed by atoms with Crippen molar-refractivity contribution in [2.45, 2.75) is 32.2 Å². The highest BCUT2D eigenvalue weighted by Gasteiger charge is 2.30. The van der Waals surface area contributed by atoms with Crippen molar-refractivity contribution in [2.75, 3.05) is 18.0 Å². The van der Waals surface area contributed by atoms with E-state index in [1.54, 1.807) is 6.33 Å². The molecule has 2 N–H and O–H groups in total. The minimum absolute atomic E-state index is 0.630. The molecule has 0 aliphatic heterocycles. The zero-order valence-corrected chi connectivity index (χ0v) is 10.6. The van der Waals surface area contributed by atoms with Crippen LogP contribution in [0.15, 0.2) is 12.4 Å². The van der Waals surface area contributed by atoms with E-state index in [1.165, 1.54) is 12.8 Å². The second kappa shape index (κ2) is 4.53. The highest BCUT2D eigenvalue weighted by atomic mass is 15.4. The molecule has 1 aliphatic carbocycles. The number of rotatable bonds is 5. The molecule has 0 saturated heterocycles. The van der Waals surface area contributed by atoms with Gasteiger partial charge in [0.05, 0.1) is 0 Å². The van der Waals surface area contributed by atoms with E-state index in [9.17, 15) is 0 Å². The number of anilines is 1. The zero-order valence-electron chi connectivity index (χ0n) is 10.6. The van der Waals surface area contributed by atoms with Crippen LogP contribution in [0.2, 0.25) is 0 Å². The van der Waals surface area contributed by atoms with Gasteiger partial charge in [-0.3, -0.25) is 0 Å². The monoisotopic (exact) mass is 246 g/mol. The van der Waals surface area contributed by atoms with Gasteiger partial charge in [0, 0.05) is 24.3 Å². The summed E-state index contributed by atoms with van der Waals surface area (Å²) in [6, 6.07) is 2.71. The van der Waals surface area contributed by atoms with Gasteiger partial charge in [0.25, 0.3) is 5.78 Å². The summed E-state index contributed by atoms with van der Waals surface area (Å²) in [4.78, 5) is 10.9. The molecule has 0 spiro atoms. The van der Waals surface area contributed by atoms with Crippen LogP contribution in [0.4, 0.5) is 5.82 Å². The van der Waals surface area contributed by atoms with E-state index >= 15 is 0 Å². The first-order valence-corrected chi connectivity index (χ1v) is 6.43. The van der Waals surface area contributed by atoms with Gasteiger partial charge in [-0.05, 0) is 32.7 Å². The first-order valence-electron chi connectivity index (χ1n) is 6.43. The standard InChI is InChI=1S/C12H18N6/c1-9-7-11(18-12(16-9)14-8-15-18)17(6-2-5-13)10-3-4-10/h7-8,10H,2-6,13H2,1H3. The topological polar surface area (TPSA) is 72.3 Å². The third kappa shape index (κ3) is 2.03. The second-order valence-electron chi connectivity index (χ2n) is 4.79. The third-order valence-corrected chi connectivity index (χ3v) is 3.25. The summed E-state index contributed by atoms with van der Waals surface area (Å²) in [7, 11) is 0. The van der Waals surface area contributed by atoms with Crippen molar-refractivity contribution < 1.29 is 0 Å². The number of nitrogens with two attached hydrogens (primary N) is 1. The average molecular weight is 246 g/mol. The molecule has 2 heterocycles. The molecule has 0 aromatic carbocycles. The summed E-state index contributed by atoms with van der Waals surface area (Å²) >= 11 is 0. The number of hydrogen-bond donors (Lipinski definition) is 1. The maximum Gasteiger partial charge on any atom is 0.254 e. The normalized spacial score (nSPS) is 15.2. The van der Waals surface area contributed by atoms with Gasteiger partial charge in [0.1, 0.15) is 12.1 Å².